The van der Waals surface area contributed by atoms with E-state index in [1.165, 1.54) is 0 Å². The summed E-state index contributed by atoms with van der Waals surface area (Å²) >= 11 is 0. The molecule has 2 aromatic heterocycles. The minimum atomic E-state index is -0.595. The highest BCUT2D eigenvalue weighted by molar-refractivity contribution is 6.03. The molecule has 2 aromatic rings. The van der Waals surface area contributed by atoms with E-state index in [1.807, 2.05) is 0 Å². The van der Waals surface area contributed by atoms with Gasteiger partial charge in [0.05, 0.1) is 19.7 Å². The number of esters is 1. The fourth-order valence-electron chi connectivity index (χ4n) is 3.71. The number of aromatic nitrogens is 2. The van der Waals surface area contributed by atoms with Crippen LogP contribution in [0.5, 0.6) is 0 Å². The first-order valence-corrected chi connectivity index (χ1v) is 10.8. The van der Waals surface area contributed by atoms with Gasteiger partial charge in [-0.05, 0) is 20.3 Å². The van der Waals surface area contributed by atoms with Crippen LogP contribution in [0.4, 0.5) is 0 Å². The molecule has 0 saturated carbocycles. The zero-order valence-electron chi connectivity index (χ0n) is 18.9. The van der Waals surface area contributed by atoms with Crippen LogP contribution in [0.3, 0.4) is 0 Å². The number of nitrogens with zero attached hydrogens (tertiary/aromatic N) is 3. The third kappa shape index (κ3) is 5.93. The van der Waals surface area contributed by atoms with Crippen LogP contribution in [0.25, 0.3) is 11.1 Å². The van der Waals surface area contributed by atoms with E-state index in [0.29, 0.717) is 37.8 Å². The summed E-state index contributed by atoms with van der Waals surface area (Å²) in [5.41, 5.74) is -0.168. The summed E-state index contributed by atoms with van der Waals surface area (Å²) in [6.45, 7) is 8.52. The van der Waals surface area contributed by atoms with Crippen molar-refractivity contribution in [2.45, 2.75) is 26.8 Å². The Kier molecular flexibility index (Phi) is 8.37. The largest absolute Gasteiger partial charge is 0.462 e. The molecule has 1 fully saturated rings. The number of ether oxygens (including phenoxy) is 2. The van der Waals surface area contributed by atoms with Gasteiger partial charge in [-0.25, -0.2) is 4.79 Å². The van der Waals surface area contributed by atoms with E-state index >= 15 is 0 Å². The van der Waals surface area contributed by atoms with Crippen molar-refractivity contribution in [3.05, 3.63) is 27.5 Å². The normalized spacial score (nSPS) is 15.2. The lowest BCUT2D eigenvalue weighted by Gasteiger charge is -2.33. The maximum Gasteiger partial charge on any atom is 0.342 e. The van der Waals surface area contributed by atoms with Gasteiger partial charge in [-0.3, -0.25) is 19.4 Å². The molecule has 11 nitrogen and oxygen atoms in total. The number of carbonyl (C=O) groups excluding carboxylic acids is 2. The second-order valence-electron chi connectivity index (χ2n) is 7.70. The number of amides is 1. The number of aryl methyl sites for hydroxylation is 1. The highest BCUT2D eigenvalue weighted by Gasteiger charge is 2.25. The van der Waals surface area contributed by atoms with Crippen molar-refractivity contribution in [3.63, 3.8) is 0 Å². The van der Waals surface area contributed by atoms with Gasteiger partial charge in [0.2, 0.25) is 11.6 Å². The summed E-state index contributed by atoms with van der Waals surface area (Å²) in [7, 11) is 1.64. The van der Waals surface area contributed by atoms with Gasteiger partial charge in [-0.1, -0.05) is 0 Å². The average Bonchev–Trinajstić information content (AvgIpc) is 3.09. The van der Waals surface area contributed by atoms with Crippen molar-refractivity contribution in [1.82, 2.24) is 25.1 Å². The molecule has 32 heavy (non-hydrogen) atoms. The number of furan rings is 1. The molecule has 1 saturated heterocycles. The standard InChI is InChI=1S/C21H31N5O6/c1-4-31-21(29)17-14(2)32-20-18(17)19(28)23-15(24-20)12-25-7-9-26(10-8-25)13-16(27)22-6-5-11-30-3/h4-13H2,1-3H3,(H,22,27)(H,23,24,28). The van der Waals surface area contributed by atoms with Crippen molar-refractivity contribution in [3.8, 4) is 0 Å². The number of piperazine rings is 1. The summed E-state index contributed by atoms with van der Waals surface area (Å²) in [5, 5.41) is 3.01. The summed E-state index contributed by atoms with van der Waals surface area (Å²) in [6, 6.07) is 0. The van der Waals surface area contributed by atoms with Crippen LogP contribution in [0, 0.1) is 6.92 Å². The van der Waals surface area contributed by atoms with E-state index in [-0.39, 0.29) is 29.2 Å². The number of carbonyl (C=O) groups is 2. The van der Waals surface area contributed by atoms with E-state index < -0.39 is 11.5 Å². The number of aromatic amines is 1. The van der Waals surface area contributed by atoms with Gasteiger partial charge < -0.3 is 24.2 Å². The Morgan fingerprint density at radius 2 is 1.94 bits per heavy atom. The van der Waals surface area contributed by atoms with Gasteiger partial charge in [0.15, 0.2) is 0 Å². The highest BCUT2D eigenvalue weighted by atomic mass is 16.5. The first-order valence-electron chi connectivity index (χ1n) is 10.8. The van der Waals surface area contributed by atoms with Crippen LogP contribution in [-0.4, -0.2) is 91.2 Å². The topological polar surface area (TPSA) is 130 Å². The van der Waals surface area contributed by atoms with Crippen molar-refractivity contribution < 1.29 is 23.5 Å². The number of H-pyrrole nitrogens is 1. The zero-order chi connectivity index (χ0) is 23.1. The first kappa shape index (κ1) is 23.9. The number of hydrogen-bond acceptors (Lipinski definition) is 9. The number of methoxy groups -OCH3 is 1. The molecule has 0 spiro atoms. The van der Waals surface area contributed by atoms with Gasteiger partial charge in [-0.2, -0.15) is 4.98 Å². The van der Waals surface area contributed by atoms with E-state index in [4.69, 9.17) is 13.9 Å². The summed E-state index contributed by atoms with van der Waals surface area (Å²) < 4.78 is 15.6. The van der Waals surface area contributed by atoms with Crippen LogP contribution in [-0.2, 0) is 20.8 Å². The van der Waals surface area contributed by atoms with Gasteiger partial charge in [0, 0.05) is 46.4 Å². The lowest BCUT2D eigenvalue weighted by molar-refractivity contribution is -0.122. The Morgan fingerprint density at radius 1 is 1.22 bits per heavy atom. The third-order valence-electron chi connectivity index (χ3n) is 5.32. The van der Waals surface area contributed by atoms with Crippen molar-refractivity contribution in [1.29, 1.82) is 0 Å². The number of fused-ring (bicyclic) bond motifs is 1. The second-order valence-corrected chi connectivity index (χ2v) is 7.70. The summed E-state index contributed by atoms with van der Waals surface area (Å²) in [6.07, 6.45) is 0.794. The minimum absolute atomic E-state index is 0.0107. The van der Waals surface area contributed by atoms with Crippen LogP contribution in [0.2, 0.25) is 0 Å². The predicted octanol–water partition coefficient (Wildman–Crippen LogP) is 0.272. The third-order valence-corrected chi connectivity index (χ3v) is 5.32. The molecule has 3 heterocycles. The van der Waals surface area contributed by atoms with E-state index in [9.17, 15) is 14.4 Å². The monoisotopic (exact) mass is 449 g/mol. The fourth-order valence-corrected chi connectivity index (χ4v) is 3.71. The molecule has 3 rings (SSSR count). The zero-order valence-corrected chi connectivity index (χ0v) is 18.9. The average molecular weight is 450 g/mol. The van der Waals surface area contributed by atoms with Crippen LogP contribution < -0.4 is 10.9 Å². The quantitative estimate of drug-likeness (QED) is 0.388. The maximum atomic E-state index is 12.6. The molecule has 1 amide bonds. The molecular weight excluding hydrogens is 418 g/mol. The Hall–Kier alpha value is -2.76. The first-order chi connectivity index (χ1) is 15.4. The fraction of sp³-hybridized carbons (Fsp3) is 0.619. The molecule has 0 atom stereocenters. The minimum Gasteiger partial charge on any atom is -0.462 e. The molecule has 0 unspecified atom stereocenters. The van der Waals surface area contributed by atoms with Crippen molar-refractivity contribution in [2.24, 2.45) is 0 Å². The Labute approximate surface area is 186 Å². The Bertz CT molecular complexity index is 992. The van der Waals surface area contributed by atoms with Gasteiger partial charge in [-0.15, -0.1) is 0 Å². The molecule has 0 radical (unpaired) electrons. The number of rotatable bonds is 10. The van der Waals surface area contributed by atoms with Crippen molar-refractivity contribution in [2.75, 3.05) is 59.6 Å². The van der Waals surface area contributed by atoms with E-state index in [0.717, 1.165) is 32.6 Å². The molecule has 0 aromatic carbocycles. The van der Waals surface area contributed by atoms with Crippen LogP contribution in [0.15, 0.2) is 9.21 Å². The summed E-state index contributed by atoms with van der Waals surface area (Å²) in [5.74, 6) is 0.193. The summed E-state index contributed by atoms with van der Waals surface area (Å²) in [4.78, 5) is 48.3. The van der Waals surface area contributed by atoms with E-state index in [2.05, 4.69) is 25.1 Å². The van der Waals surface area contributed by atoms with Crippen LogP contribution >= 0.6 is 0 Å². The van der Waals surface area contributed by atoms with Crippen molar-refractivity contribution >= 4 is 23.0 Å². The Balaban J connectivity index is 1.56. The number of hydrogen-bond donors (Lipinski definition) is 2. The van der Waals surface area contributed by atoms with Gasteiger partial charge in [0.25, 0.3) is 5.56 Å². The maximum absolute atomic E-state index is 12.6. The number of nitrogens with one attached hydrogen (secondary N) is 2. The molecule has 0 aliphatic carbocycles. The lowest BCUT2D eigenvalue weighted by Crippen LogP contribution is -2.49. The molecule has 11 heteroatoms. The lowest BCUT2D eigenvalue weighted by atomic mass is 10.2. The Morgan fingerprint density at radius 3 is 2.62 bits per heavy atom. The smallest absolute Gasteiger partial charge is 0.342 e. The molecule has 1 aliphatic rings. The highest BCUT2D eigenvalue weighted by Crippen LogP contribution is 2.22. The SMILES string of the molecule is CCOC(=O)c1c(C)oc2nc(CN3CCN(CC(=O)NCCCOC)CC3)[nH]c(=O)c12. The van der Waals surface area contributed by atoms with Gasteiger partial charge in [0.1, 0.15) is 22.5 Å². The predicted molar refractivity (Wildman–Crippen MR) is 117 cm³/mol. The second kappa shape index (κ2) is 11.2. The van der Waals surface area contributed by atoms with E-state index in [1.54, 1.807) is 21.0 Å². The van der Waals surface area contributed by atoms with Gasteiger partial charge >= 0.3 is 5.97 Å². The molecule has 2 N–H and O–H groups in total. The van der Waals surface area contributed by atoms with Crippen LogP contribution in [0.1, 0.15) is 35.3 Å². The molecule has 1 aliphatic heterocycles. The molecule has 176 valence electrons. The molecular formula is C21H31N5O6. The molecule has 0 bridgehead atoms.